The van der Waals surface area contributed by atoms with Crippen LogP contribution in [-0.2, 0) is 0 Å². The van der Waals surface area contributed by atoms with Crippen LogP contribution in [0.25, 0.3) is 11.4 Å². The number of benzene rings is 2. The average Bonchev–Trinajstić information content (AvgIpc) is 3.04. The fraction of sp³-hybridized carbons (Fsp3) is 0.167. The molecule has 0 bridgehead atoms. The van der Waals surface area contributed by atoms with Crippen LogP contribution in [0.3, 0.4) is 0 Å². The fourth-order valence-corrected chi connectivity index (χ4v) is 3.13. The Labute approximate surface area is 149 Å². The smallest absolute Gasteiger partial charge is 0.209 e. The summed E-state index contributed by atoms with van der Waals surface area (Å²) in [5, 5.41) is 8.01. The second-order valence-corrected chi connectivity index (χ2v) is 7.21. The maximum Gasteiger partial charge on any atom is 0.209 e. The van der Waals surface area contributed by atoms with Crippen molar-refractivity contribution in [3.63, 3.8) is 0 Å². The van der Waals surface area contributed by atoms with Crippen molar-refractivity contribution in [2.75, 3.05) is 0 Å². The predicted molar refractivity (Wildman–Crippen MR) is 97.7 cm³/mol. The first kappa shape index (κ1) is 16.7. The molecule has 0 fully saturated rings. The highest BCUT2D eigenvalue weighted by Crippen LogP contribution is 2.25. The second-order valence-electron chi connectivity index (χ2n) is 5.46. The van der Waals surface area contributed by atoms with Crippen molar-refractivity contribution >= 4 is 29.1 Å². The summed E-state index contributed by atoms with van der Waals surface area (Å²) in [4.78, 5) is 16.9. The van der Waals surface area contributed by atoms with E-state index in [0.717, 1.165) is 5.56 Å². The summed E-state index contributed by atoms with van der Waals surface area (Å²) in [5.41, 5.74) is 2.79. The van der Waals surface area contributed by atoms with E-state index >= 15 is 0 Å². The third-order valence-electron chi connectivity index (χ3n) is 3.57. The van der Waals surface area contributed by atoms with Crippen LogP contribution in [-0.4, -0.2) is 26.2 Å². The lowest BCUT2D eigenvalue weighted by Gasteiger charge is -2.07. The monoisotopic (exact) mass is 357 g/mol. The Kier molecular flexibility index (Phi) is 5.02. The Hall–Kier alpha value is -2.11. The first-order valence-electron chi connectivity index (χ1n) is 7.49. The molecule has 3 rings (SSSR count). The Morgan fingerprint density at radius 1 is 1.12 bits per heavy atom. The van der Waals surface area contributed by atoms with E-state index in [4.69, 9.17) is 11.6 Å². The number of rotatable bonds is 5. The first-order chi connectivity index (χ1) is 11.5. The van der Waals surface area contributed by atoms with E-state index in [-0.39, 0.29) is 11.0 Å². The second kappa shape index (κ2) is 7.20. The molecule has 0 amide bonds. The van der Waals surface area contributed by atoms with Crippen molar-refractivity contribution in [1.29, 1.82) is 0 Å². The highest BCUT2D eigenvalue weighted by atomic mass is 35.5. The molecule has 2 aromatic carbocycles. The van der Waals surface area contributed by atoms with Crippen molar-refractivity contribution in [3.8, 4) is 11.4 Å². The van der Waals surface area contributed by atoms with Crippen molar-refractivity contribution in [2.24, 2.45) is 0 Å². The molecular weight excluding hydrogens is 342 g/mol. The molecule has 6 heteroatoms. The molecule has 0 saturated carbocycles. The number of aromatic amines is 1. The minimum absolute atomic E-state index is 0.0263. The Morgan fingerprint density at radius 2 is 1.79 bits per heavy atom. The van der Waals surface area contributed by atoms with Crippen LogP contribution in [0.4, 0.5) is 0 Å². The number of hydrogen-bond acceptors (Lipinski definition) is 4. The number of nitrogens with zero attached hydrogens (tertiary/aromatic N) is 2. The van der Waals surface area contributed by atoms with Gasteiger partial charge in [0.2, 0.25) is 5.16 Å². The zero-order valence-corrected chi connectivity index (χ0v) is 14.9. The maximum absolute atomic E-state index is 12.4. The van der Waals surface area contributed by atoms with Crippen LogP contribution in [0, 0.1) is 6.92 Å². The summed E-state index contributed by atoms with van der Waals surface area (Å²) in [6, 6.07) is 14.9. The molecule has 0 aliphatic carbocycles. The fourth-order valence-electron chi connectivity index (χ4n) is 2.20. The van der Waals surface area contributed by atoms with E-state index in [1.54, 1.807) is 24.3 Å². The Balaban J connectivity index is 1.70. The Morgan fingerprint density at radius 3 is 2.46 bits per heavy atom. The first-order valence-corrected chi connectivity index (χ1v) is 8.74. The minimum Gasteiger partial charge on any atom is -0.293 e. The van der Waals surface area contributed by atoms with Gasteiger partial charge in [-0.2, -0.15) is 0 Å². The number of carbonyl (C=O) groups is 1. The van der Waals surface area contributed by atoms with E-state index < -0.39 is 0 Å². The topological polar surface area (TPSA) is 58.6 Å². The zero-order chi connectivity index (χ0) is 17.1. The molecule has 122 valence electrons. The SMILES string of the molecule is Cc1ccc(-c2nc(S[C@@H](C)C(=O)c3ccc(Cl)cc3)n[nH]2)cc1. The average molecular weight is 358 g/mol. The van der Waals surface area contributed by atoms with Crippen LogP contribution < -0.4 is 0 Å². The van der Waals surface area contributed by atoms with E-state index in [0.29, 0.717) is 21.6 Å². The molecule has 0 aliphatic heterocycles. The van der Waals surface area contributed by atoms with Gasteiger partial charge in [-0.05, 0) is 38.1 Å². The third kappa shape index (κ3) is 3.86. The van der Waals surface area contributed by atoms with Gasteiger partial charge >= 0.3 is 0 Å². The van der Waals surface area contributed by atoms with Gasteiger partial charge < -0.3 is 0 Å². The highest BCUT2D eigenvalue weighted by molar-refractivity contribution is 8.00. The molecule has 0 unspecified atom stereocenters. The van der Waals surface area contributed by atoms with Gasteiger partial charge in [-0.3, -0.25) is 9.89 Å². The number of hydrogen-bond donors (Lipinski definition) is 1. The predicted octanol–water partition coefficient (Wildman–Crippen LogP) is 4.80. The lowest BCUT2D eigenvalue weighted by molar-refractivity contribution is 0.0994. The lowest BCUT2D eigenvalue weighted by atomic mass is 10.1. The molecule has 1 heterocycles. The van der Waals surface area contributed by atoms with E-state index in [9.17, 15) is 4.79 Å². The molecule has 1 aromatic heterocycles. The molecule has 1 N–H and O–H groups in total. The van der Waals surface area contributed by atoms with Crippen LogP contribution >= 0.6 is 23.4 Å². The molecule has 0 spiro atoms. The third-order valence-corrected chi connectivity index (χ3v) is 4.78. The number of H-pyrrole nitrogens is 1. The van der Waals surface area contributed by atoms with Gasteiger partial charge in [-0.15, -0.1) is 5.10 Å². The van der Waals surface area contributed by atoms with Gasteiger partial charge in [-0.1, -0.05) is 53.2 Å². The summed E-state index contributed by atoms with van der Waals surface area (Å²) < 4.78 is 0. The Bertz CT molecular complexity index is 843. The number of halogens is 1. The minimum atomic E-state index is -0.284. The summed E-state index contributed by atoms with van der Waals surface area (Å²) in [6.45, 7) is 3.89. The molecule has 0 radical (unpaired) electrons. The van der Waals surface area contributed by atoms with Crippen LogP contribution in [0.1, 0.15) is 22.8 Å². The summed E-state index contributed by atoms with van der Waals surface area (Å²) in [7, 11) is 0. The van der Waals surface area contributed by atoms with Crippen molar-refractivity contribution in [2.45, 2.75) is 24.3 Å². The van der Waals surface area contributed by atoms with Crippen molar-refractivity contribution in [1.82, 2.24) is 15.2 Å². The molecule has 3 aromatic rings. The molecular formula is C18H16ClN3OS. The number of carbonyl (C=O) groups excluding carboxylic acids is 1. The molecule has 24 heavy (non-hydrogen) atoms. The maximum atomic E-state index is 12.4. The van der Waals surface area contributed by atoms with Gasteiger partial charge in [0, 0.05) is 16.1 Å². The van der Waals surface area contributed by atoms with Crippen LogP contribution in [0.15, 0.2) is 53.7 Å². The van der Waals surface area contributed by atoms with E-state index in [2.05, 4.69) is 15.2 Å². The molecule has 1 atom stereocenters. The summed E-state index contributed by atoms with van der Waals surface area (Å²) in [5.74, 6) is 0.724. The highest BCUT2D eigenvalue weighted by Gasteiger charge is 2.19. The van der Waals surface area contributed by atoms with Gasteiger partial charge in [0.1, 0.15) is 0 Å². The summed E-state index contributed by atoms with van der Waals surface area (Å²) >= 11 is 7.19. The summed E-state index contributed by atoms with van der Waals surface area (Å²) in [6.07, 6.45) is 0. The number of aryl methyl sites for hydroxylation is 1. The largest absolute Gasteiger partial charge is 0.293 e. The number of thioether (sulfide) groups is 1. The van der Waals surface area contributed by atoms with Crippen molar-refractivity contribution < 1.29 is 4.79 Å². The van der Waals surface area contributed by atoms with Gasteiger partial charge in [0.05, 0.1) is 5.25 Å². The zero-order valence-electron chi connectivity index (χ0n) is 13.3. The number of nitrogens with one attached hydrogen (secondary N) is 1. The van der Waals surface area contributed by atoms with Gasteiger partial charge in [-0.25, -0.2) is 4.98 Å². The van der Waals surface area contributed by atoms with Gasteiger partial charge in [0.25, 0.3) is 0 Å². The number of Topliss-reactive ketones (excluding diaryl/α,β-unsaturated/α-hetero) is 1. The number of ketones is 1. The van der Waals surface area contributed by atoms with E-state index in [1.807, 2.05) is 38.1 Å². The lowest BCUT2D eigenvalue weighted by Crippen LogP contribution is -2.13. The molecule has 0 aliphatic rings. The van der Waals surface area contributed by atoms with E-state index in [1.165, 1.54) is 17.3 Å². The number of aromatic nitrogens is 3. The van der Waals surface area contributed by atoms with Crippen molar-refractivity contribution in [3.05, 3.63) is 64.7 Å². The molecule has 0 saturated heterocycles. The van der Waals surface area contributed by atoms with Gasteiger partial charge in [0.15, 0.2) is 11.6 Å². The van der Waals surface area contributed by atoms with Crippen LogP contribution in [0.5, 0.6) is 0 Å². The van der Waals surface area contributed by atoms with Crippen LogP contribution in [0.2, 0.25) is 5.02 Å². The molecule has 4 nitrogen and oxygen atoms in total. The standard InChI is InChI=1S/C18H16ClN3OS/c1-11-3-5-14(6-4-11)17-20-18(22-21-17)24-12(2)16(23)13-7-9-15(19)10-8-13/h3-10,12H,1-2H3,(H,20,21,22)/t12-/m0/s1. The quantitative estimate of drug-likeness (QED) is 0.526. The normalized spacial score (nSPS) is 12.1.